The number of ether oxygens (including phenoxy) is 1. The van der Waals surface area contributed by atoms with E-state index in [1.165, 1.54) is 0 Å². The number of para-hydroxylation sites is 1. The fourth-order valence-electron chi connectivity index (χ4n) is 3.29. The number of rotatable bonds is 7. The van der Waals surface area contributed by atoms with Gasteiger partial charge in [0.1, 0.15) is 24.0 Å². The number of nitrogens with zero attached hydrogens (tertiary/aromatic N) is 5. The van der Waals surface area contributed by atoms with Gasteiger partial charge in [0.2, 0.25) is 0 Å². The third kappa shape index (κ3) is 4.81. The van der Waals surface area contributed by atoms with Crippen molar-refractivity contribution in [3.05, 3.63) is 60.9 Å². The minimum atomic E-state index is -0.313. The average Bonchev–Trinajstić information content (AvgIpc) is 3.21. The first-order valence-corrected chi connectivity index (χ1v) is 9.80. The molecule has 1 saturated heterocycles. The molecule has 2 aromatic heterocycles. The molecule has 7 nitrogen and oxygen atoms in total. The van der Waals surface area contributed by atoms with Crippen LogP contribution in [-0.2, 0) is 0 Å². The Hall–Kier alpha value is -3.19. The third-order valence-corrected chi connectivity index (χ3v) is 4.94. The highest BCUT2D eigenvalue weighted by Crippen LogP contribution is 2.26. The zero-order valence-electron chi connectivity index (χ0n) is 16.5. The predicted molar refractivity (Wildman–Crippen MR) is 113 cm³/mol. The number of aromatic nitrogens is 3. The number of hydrogen-bond donors (Lipinski definition) is 1. The van der Waals surface area contributed by atoms with E-state index in [1.54, 1.807) is 12.4 Å². The smallest absolute Gasteiger partial charge is 0.165 e. The van der Waals surface area contributed by atoms with Gasteiger partial charge in [-0.05, 0) is 30.7 Å². The molecule has 7 heteroatoms. The fourth-order valence-corrected chi connectivity index (χ4v) is 3.29. The number of anilines is 2. The molecule has 0 saturated carbocycles. The summed E-state index contributed by atoms with van der Waals surface area (Å²) < 4.78 is 5.82. The van der Waals surface area contributed by atoms with Crippen LogP contribution < -0.4 is 14.5 Å². The molecule has 29 heavy (non-hydrogen) atoms. The molecule has 1 aromatic carbocycles. The van der Waals surface area contributed by atoms with E-state index < -0.39 is 0 Å². The lowest BCUT2D eigenvalue weighted by atomic mass is 10.2. The maximum absolute atomic E-state index is 9.93. The molecule has 0 unspecified atom stereocenters. The van der Waals surface area contributed by atoms with Crippen LogP contribution in [0.25, 0.3) is 11.4 Å². The van der Waals surface area contributed by atoms with Crippen LogP contribution >= 0.6 is 0 Å². The van der Waals surface area contributed by atoms with Crippen LogP contribution in [0, 0.1) is 0 Å². The normalized spacial score (nSPS) is 16.1. The van der Waals surface area contributed by atoms with Crippen molar-refractivity contribution in [3.8, 4) is 17.1 Å². The van der Waals surface area contributed by atoms with Crippen LogP contribution in [-0.4, -0.2) is 59.5 Å². The van der Waals surface area contributed by atoms with Crippen LogP contribution in [0.4, 0.5) is 11.6 Å². The zero-order chi connectivity index (χ0) is 20.1. The van der Waals surface area contributed by atoms with Crippen molar-refractivity contribution in [1.82, 2.24) is 15.0 Å². The van der Waals surface area contributed by atoms with E-state index in [4.69, 9.17) is 14.7 Å². The van der Waals surface area contributed by atoms with Crippen molar-refractivity contribution >= 4 is 11.6 Å². The van der Waals surface area contributed by atoms with E-state index in [2.05, 4.69) is 14.8 Å². The largest absolute Gasteiger partial charge is 0.492 e. The Kier molecular flexibility index (Phi) is 5.86. The molecular weight excluding hydrogens is 366 g/mol. The molecule has 0 aliphatic carbocycles. The fraction of sp³-hybridized carbons (Fsp3) is 0.318. The number of aliphatic hydroxyl groups excluding tert-OH is 1. The Labute approximate surface area is 170 Å². The maximum Gasteiger partial charge on any atom is 0.165 e. The third-order valence-electron chi connectivity index (χ3n) is 4.94. The molecule has 1 fully saturated rings. The molecule has 4 rings (SSSR count). The first-order chi connectivity index (χ1) is 14.2. The van der Waals surface area contributed by atoms with Gasteiger partial charge in [-0.2, -0.15) is 0 Å². The summed E-state index contributed by atoms with van der Waals surface area (Å²) >= 11 is 0. The summed E-state index contributed by atoms with van der Waals surface area (Å²) in [5.41, 5.74) is 0.865. The Balaban J connectivity index is 1.54. The summed E-state index contributed by atoms with van der Waals surface area (Å²) in [5.74, 6) is 3.11. The quantitative estimate of drug-likeness (QED) is 0.664. The standard InChI is InChI=1S/C22H25N5O2/c1-26(12-13-29-19-7-3-2-4-8-19)20-14-21(27-11-9-18(28)16-27)25-22(24-20)17-6-5-10-23-15-17/h2-8,10,14-15,18,28H,9,11-13,16H2,1H3/t18-/m0/s1. The number of aliphatic hydroxyl groups is 1. The van der Waals surface area contributed by atoms with Crippen LogP contribution in [0.15, 0.2) is 60.9 Å². The number of likely N-dealkylation sites (N-methyl/N-ethyl adjacent to an activating group) is 1. The second-order valence-electron chi connectivity index (χ2n) is 7.12. The van der Waals surface area contributed by atoms with Crippen molar-refractivity contribution in [2.24, 2.45) is 0 Å². The number of pyridine rings is 1. The summed E-state index contributed by atoms with van der Waals surface area (Å²) in [5, 5.41) is 9.93. The molecular formula is C22H25N5O2. The van der Waals surface area contributed by atoms with Crippen LogP contribution in [0.2, 0.25) is 0 Å². The summed E-state index contributed by atoms with van der Waals surface area (Å²) in [4.78, 5) is 17.8. The van der Waals surface area contributed by atoms with Gasteiger partial charge in [0.05, 0.1) is 12.6 Å². The number of β-amino-alcohol motifs (C(OH)–C–C–N with tert-alkyl or cyclic N) is 1. The molecule has 3 aromatic rings. The monoisotopic (exact) mass is 391 g/mol. The van der Waals surface area contributed by atoms with Crippen LogP contribution in [0.5, 0.6) is 5.75 Å². The van der Waals surface area contributed by atoms with Gasteiger partial charge in [-0.25, -0.2) is 9.97 Å². The van der Waals surface area contributed by atoms with Gasteiger partial charge in [0.15, 0.2) is 5.82 Å². The van der Waals surface area contributed by atoms with E-state index in [9.17, 15) is 5.11 Å². The highest BCUT2D eigenvalue weighted by Gasteiger charge is 2.23. The van der Waals surface area contributed by atoms with E-state index in [0.29, 0.717) is 25.5 Å². The van der Waals surface area contributed by atoms with E-state index >= 15 is 0 Å². The van der Waals surface area contributed by atoms with Gasteiger partial charge in [0.25, 0.3) is 0 Å². The average molecular weight is 391 g/mol. The van der Waals surface area contributed by atoms with E-state index in [0.717, 1.165) is 35.9 Å². The van der Waals surface area contributed by atoms with Crippen molar-refractivity contribution < 1.29 is 9.84 Å². The minimum absolute atomic E-state index is 0.313. The molecule has 1 atom stereocenters. The van der Waals surface area contributed by atoms with Crippen molar-refractivity contribution in [2.45, 2.75) is 12.5 Å². The van der Waals surface area contributed by atoms with E-state index in [1.807, 2.05) is 55.6 Å². The van der Waals surface area contributed by atoms with Crippen LogP contribution in [0.3, 0.4) is 0 Å². The number of benzene rings is 1. The van der Waals surface area contributed by atoms with Gasteiger partial charge < -0.3 is 19.6 Å². The van der Waals surface area contributed by atoms with Crippen LogP contribution in [0.1, 0.15) is 6.42 Å². The van der Waals surface area contributed by atoms with Crippen molar-refractivity contribution in [2.75, 3.05) is 43.1 Å². The topological polar surface area (TPSA) is 74.6 Å². The van der Waals surface area contributed by atoms with Gasteiger partial charge >= 0.3 is 0 Å². The minimum Gasteiger partial charge on any atom is -0.492 e. The first kappa shape index (κ1) is 19.1. The Morgan fingerprint density at radius 1 is 1.17 bits per heavy atom. The second kappa shape index (κ2) is 8.87. The molecule has 0 spiro atoms. The zero-order valence-corrected chi connectivity index (χ0v) is 16.5. The lowest BCUT2D eigenvalue weighted by Gasteiger charge is -2.23. The highest BCUT2D eigenvalue weighted by atomic mass is 16.5. The van der Waals surface area contributed by atoms with E-state index in [-0.39, 0.29) is 6.10 Å². The Bertz CT molecular complexity index is 923. The number of hydrogen-bond acceptors (Lipinski definition) is 7. The Morgan fingerprint density at radius 3 is 2.76 bits per heavy atom. The molecule has 0 amide bonds. The second-order valence-corrected chi connectivity index (χ2v) is 7.12. The summed E-state index contributed by atoms with van der Waals surface area (Å²) in [6.07, 6.45) is 3.94. The molecule has 0 radical (unpaired) electrons. The molecule has 3 heterocycles. The summed E-state index contributed by atoms with van der Waals surface area (Å²) in [6.45, 7) is 2.60. The Morgan fingerprint density at radius 2 is 2.03 bits per heavy atom. The molecule has 1 N–H and O–H groups in total. The lowest BCUT2D eigenvalue weighted by Crippen LogP contribution is -2.27. The van der Waals surface area contributed by atoms with Gasteiger partial charge in [0, 0.05) is 44.2 Å². The van der Waals surface area contributed by atoms with Gasteiger partial charge in [-0.15, -0.1) is 0 Å². The van der Waals surface area contributed by atoms with Crippen molar-refractivity contribution in [1.29, 1.82) is 0 Å². The van der Waals surface area contributed by atoms with Crippen molar-refractivity contribution in [3.63, 3.8) is 0 Å². The molecule has 1 aliphatic rings. The first-order valence-electron chi connectivity index (χ1n) is 9.80. The van der Waals surface area contributed by atoms with Gasteiger partial charge in [-0.1, -0.05) is 18.2 Å². The molecule has 1 aliphatic heterocycles. The maximum atomic E-state index is 9.93. The summed E-state index contributed by atoms with van der Waals surface area (Å²) in [6, 6.07) is 15.6. The highest BCUT2D eigenvalue weighted by molar-refractivity contribution is 5.61. The summed E-state index contributed by atoms with van der Waals surface area (Å²) in [7, 11) is 1.99. The molecule has 0 bridgehead atoms. The van der Waals surface area contributed by atoms with Gasteiger partial charge in [-0.3, -0.25) is 4.98 Å². The molecule has 150 valence electrons. The SMILES string of the molecule is CN(CCOc1ccccc1)c1cc(N2CC[C@H](O)C2)nc(-c2cccnc2)n1. The lowest BCUT2D eigenvalue weighted by molar-refractivity contribution is 0.198. The predicted octanol–water partition coefficient (Wildman–Crippen LogP) is 2.62.